The molecule has 1 fully saturated rings. The monoisotopic (exact) mass is 224 g/mol. The molecule has 16 heavy (non-hydrogen) atoms. The molecule has 0 spiro atoms. The Labute approximate surface area is 94.3 Å². The van der Waals surface area contributed by atoms with Gasteiger partial charge in [-0.05, 0) is 19.8 Å². The lowest BCUT2D eigenvalue weighted by atomic mass is 9.93. The summed E-state index contributed by atoms with van der Waals surface area (Å²) in [6.45, 7) is 3.48. The second kappa shape index (κ2) is 4.25. The number of carbonyl (C=O) groups excluding carboxylic acids is 1. The summed E-state index contributed by atoms with van der Waals surface area (Å²) in [4.78, 5) is 13.7. The summed E-state index contributed by atoms with van der Waals surface area (Å²) in [6.07, 6.45) is 3.12. The maximum atomic E-state index is 11.9. The van der Waals surface area contributed by atoms with Crippen LogP contribution in [0.2, 0.25) is 0 Å². The van der Waals surface area contributed by atoms with Gasteiger partial charge in [0.05, 0.1) is 5.60 Å². The van der Waals surface area contributed by atoms with Crippen LogP contribution in [0, 0.1) is 0 Å². The first-order valence-electron chi connectivity index (χ1n) is 5.39. The second-order valence-corrected chi connectivity index (χ2v) is 4.33. The Bertz CT molecular complexity index is 353. The molecule has 0 unspecified atom stereocenters. The van der Waals surface area contributed by atoms with Crippen LogP contribution < -0.4 is 0 Å². The van der Waals surface area contributed by atoms with Crippen LogP contribution >= 0.6 is 0 Å². The van der Waals surface area contributed by atoms with Gasteiger partial charge in [0, 0.05) is 26.3 Å². The van der Waals surface area contributed by atoms with Crippen LogP contribution in [-0.2, 0) is 4.74 Å². The van der Waals surface area contributed by atoms with Gasteiger partial charge in [0.15, 0.2) is 5.69 Å². The van der Waals surface area contributed by atoms with Gasteiger partial charge in [0.25, 0.3) is 5.91 Å². The normalized spacial score (nSPS) is 19.8. The minimum atomic E-state index is -0.0966. The summed E-state index contributed by atoms with van der Waals surface area (Å²) in [6, 6.07) is 1.59. The Balaban J connectivity index is 1.97. The summed E-state index contributed by atoms with van der Waals surface area (Å²) >= 11 is 0. The van der Waals surface area contributed by atoms with E-state index in [1.807, 2.05) is 0 Å². The Hall–Kier alpha value is -1.36. The summed E-state index contributed by atoms with van der Waals surface area (Å²) in [5.74, 6) is -0.0631. The van der Waals surface area contributed by atoms with E-state index in [0.717, 1.165) is 12.8 Å². The molecular weight excluding hydrogens is 208 g/mol. The molecule has 0 atom stereocenters. The smallest absolute Gasteiger partial charge is 0.276 e. The maximum Gasteiger partial charge on any atom is 0.276 e. The molecule has 1 saturated heterocycles. The van der Waals surface area contributed by atoms with E-state index in [4.69, 9.17) is 4.74 Å². The molecule has 0 N–H and O–H groups in total. The van der Waals surface area contributed by atoms with Crippen LogP contribution in [0.1, 0.15) is 30.3 Å². The molecule has 2 rings (SSSR count). The van der Waals surface area contributed by atoms with Gasteiger partial charge in [-0.15, -0.1) is 0 Å². The van der Waals surface area contributed by atoms with Crippen molar-refractivity contribution in [3.05, 3.63) is 18.0 Å². The fourth-order valence-electron chi connectivity index (χ4n) is 1.87. The molecule has 1 amide bonds. The third-order valence-corrected chi connectivity index (χ3v) is 3.26. The number of aromatic nitrogens is 1. The highest BCUT2D eigenvalue weighted by Crippen LogP contribution is 2.25. The van der Waals surface area contributed by atoms with Crippen molar-refractivity contribution in [2.24, 2.45) is 0 Å². The number of rotatable bonds is 2. The highest BCUT2D eigenvalue weighted by atomic mass is 16.5. The SMILES string of the molecule is COC1(C)CCN(C(=O)c2ccon2)CC1. The van der Waals surface area contributed by atoms with Crippen molar-refractivity contribution in [2.45, 2.75) is 25.4 Å². The predicted octanol–water partition coefficient (Wildman–Crippen LogP) is 1.32. The van der Waals surface area contributed by atoms with E-state index in [-0.39, 0.29) is 11.5 Å². The summed E-state index contributed by atoms with van der Waals surface area (Å²) < 4.78 is 10.1. The van der Waals surface area contributed by atoms with Crippen LogP contribution in [0.3, 0.4) is 0 Å². The average molecular weight is 224 g/mol. The van der Waals surface area contributed by atoms with Crippen molar-refractivity contribution in [1.29, 1.82) is 0 Å². The highest BCUT2D eigenvalue weighted by molar-refractivity contribution is 5.92. The van der Waals surface area contributed by atoms with Gasteiger partial charge < -0.3 is 14.2 Å². The standard InChI is InChI=1S/C11H16N2O3/c1-11(15-2)4-6-13(7-5-11)10(14)9-3-8-16-12-9/h3,8H,4-7H2,1-2H3. The Morgan fingerprint density at radius 2 is 2.25 bits per heavy atom. The Morgan fingerprint density at radius 3 is 2.75 bits per heavy atom. The molecule has 1 aromatic rings. The van der Waals surface area contributed by atoms with E-state index in [1.165, 1.54) is 6.26 Å². The van der Waals surface area contributed by atoms with Crippen LogP contribution in [0.25, 0.3) is 0 Å². The minimum Gasteiger partial charge on any atom is -0.378 e. The van der Waals surface area contributed by atoms with Gasteiger partial charge in [-0.2, -0.15) is 0 Å². The van der Waals surface area contributed by atoms with Gasteiger partial charge in [0.1, 0.15) is 6.26 Å². The first-order valence-corrected chi connectivity index (χ1v) is 5.39. The van der Waals surface area contributed by atoms with E-state index in [9.17, 15) is 4.79 Å². The first-order chi connectivity index (χ1) is 7.64. The molecule has 5 nitrogen and oxygen atoms in total. The Morgan fingerprint density at radius 1 is 1.56 bits per heavy atom. The number of amides is 1. The summed E-state index contributed by atoms with van der Waals surface area (Å²) in [7, 11) is 1.72. The first kappa shape index (κ1) is 11.1. The van der Waals surface area contributed by atoms with E-state index in [1.54, 1.807) is 18.1 Å². The fraction of sp³-hybridized carbons (Fsp3) is 0.636. The van der Waals surface area contributed by atoms with E-state index in [2.05, 4.69) is 16.6 Å². The van der Waals surface area contributed by atoms with Gasteiger partial charge in [-0.1, -0.05) is 5.16 Å². The number of piperidine rings is 1. The molecule has 0 aliphatic carbocycles. The van der Waals surface area contributed by atoms with Crippen molar-refractivity contribution in [2.75, 3.05) is 20.2 Å². The number of carbonyl (C=O) groups is 1. The number of methoxy groups -OCH3 is 1. The van der Waals surface area contributed by atoms with Crippen molar-refractivity contribution in [3.63, 3.8) is 0 Å². The lowest BCUT2D eigenvalue weighted by Gasteiger charge is -2.38. The fourth-order valence-corrected chi connectivity index (χ4v) is 1.87. The zero-order chi connectivity index (χ0) is 11.6. The minimum absolute atomic E-state index is 0.0631. The topological polar surface area (TPSA) is 55.6 Å². The average Bonchev–Trinajstić information content (AvgIpc) is 2.83. The molecule has 0 radical (unpaired) electrons. The number of hydrogen-bond acceptors (Lipinski definition) is 4. The molecule has 88 valence electrons. The number of nitrogens with zero attached hydrogens (tertiary/aromatic N) is 2. The highest BCUT2D eigenvalue weighted by Gasteiger charge is 2.32. The molecular formula is C11H16N2O3. The van der Waals surface area contributed by atoms with E-state index in [0.29, 0.717) is 18.8 Å². The summed E-state index contributed by atoms with van der Waals surface area (Å²) in [5, 5.41) is 3.65. The number of hydrogen-bond donors (Lipinski definition) is 0. The van der Waals surface area contributed by atoms with Crippen LogP contribution in [0.4, 0.5) is 0 Å². The quantitative estimate of drug-likeness (QED) is 0.760. The summed E-state index contributed by atoms with van der Waals surface area (Å²) in [5.41, 5.74) is 0.279. The third-order valence-electron chi connectivity index (χ3n) is 3.26. The van der Waals surface area contributed by atoms with Crippen LogP contribution in [0.5, 0.6) is 0 Å². The van der Waals surface area contributed by atoms with Gasteiger partial charge >= 0.3 is 0 Å². The molecule has 5 heteroatoms. The van der Waals surface area contributed by atoms with Gasteiger partial charge in [-0.3, -0.25) is 4.79 Å². The van der Waals surface area contributed by atoms with Gasteiger partial charge in [-0.25, -0.2) is 0 Å². The second-order valence-electron chi connectivity index (χ2n) is 4.33. The molecule has 0 bridgehead atoms. The van der Waals surface area contributed by atoms with Crippen molar-refractivity contribution in [3.8, 4) is 0 Å². The lowest BCUT2D eigenvalue weighted by Crippen LogP contribution is -2.46. The molecule has 1 aliphatic rings. The van der Waals surface area contributed by atoms with E-state index >= 15 is 0 Å². The molecule has 2 heterocycles. The predicted molar refractivity (Wildman–Crippen MR) is 57.1 cm³/mol. The number of likely N-dealkylation sites (tertiary alicyclic amines) is 1. The molecule has 1 aromatic heterocycles. The van der Waals surface area contributed by atoms with Crippen molar-refractivity contribution >= 4 is 5.91 Å². The molecule has 1 aliphatic heterocycles. The third kappa shape index (κ3) is 2.09. The zero-order valence-electron chi connectivity index (χ0n) is 9.60. The van der Waals surface area contributed by atoms with Crippen LogP contribution in [-0.4, -0.2) is 41.8 Å². The van der Waals surface area contributed by atoms with Crippen LogP contribution in [0.15, 0.2) is 16.9 Å². The molecule has 0 aromatic carbocycles. The Kier molecular flexibility index (Phi) is 2.96. The van der Waals surface area contributed by atoms with Gasteiger partial charge in [0.2, 0.25) is 0 Å². The van der Waals surface area contributed by atoms with Crippen molar-refractivity contribution < 1.29 is 14.1 Å². The largest absolute Gasteiger partial charge is 0.378 e. The number of ether oxygens (including phenoxy) is 1. The van der Waals surface area contributed by atoms with Crippen molar-refractivity contribution in [1.82, 2.24) is 10.1 Å². The zero-order valence-corrected chi connectivity index (χ0v) is 9.60. The maximum absolute atomic E-state index is 11.9. The lowest BCUT2D eigenvalue weighted by molar-refractivity contribution is -0.0381. The molecule has 0 saturated carbocycles. The van der Waals surface area contributed by atoms with E-state index < -0.39 is 0 Å².